The van der Waals surface area contributed by atoms with Crippen LogP contribution in [0.1, 0.15) is 16.0 Å². The van der Waals surface area contributed by atoms with Crippen LogP contribution in [-0.4, -0.2) is 6.26 Å². The van der Waals surface area contributed by atoms with Crippen LogP contribution in [0.5, 0.6) is 0 Å². The van der Waals surface area contributed by atoms with Gasteiger partial charge in [-0.05, 0) is 42.0 Å². The van der Waals surface area contributed by atoms with Crippen LogP contribution < -0.4 is 0 Å². The van der Waals surface area contributed by atoms with Crippen molar-refractivity contribution in [3.63, 3.8) is 0 Å². The van der Waals surface area contributed by atoms with Crippen molar-refractivity contribution in [3.05, 3.63) is 64.1 Å². The van der Waals surface area contributed by atoms with Gasteiger partial charge in [0.25, 0.3) is 0 Å². The molecule has 0 aliphatic heterocycles. The van der Waals surface area contributed by atoms with Crippen molar-refractivity contribution in [1.29, 1.82) is 0 Å². The zero-order chi connectivity index (χ0) is 13.0. The van der Waals surface area contributed by atoms with Gasteiger partial charge in [-0.25, -0.2) is 0 Å². The van der Waals surface area contributed by atoms with Crippen LogP contribution in [-0.2, 0) is 6.42 Å². The Morgan fingerprint density at radius 1 is 1.06 bits per heavy atom. The molecule has 0 bridgehead atoms. The van der Waals surface area contributed by atoms with E-state index in [0.29, 0.717) is 4.83 Å². The van der Waals surface area contributed by atoms with Crippen LogP contribution in [0, 0.1) is 0 Å². The Morgan fingerprint density at radius 3 is 2.39 bits per heavy atom. The lowest BCUT2D eigenvalue weighted by Gasteiger charge is -2.14. The highest BCUT2D eigenvalue weighted by atomic mass is 79.9. The molecule has 0 aromatic heterocycles. The highest BCUT2D eigenvalue weighted by Gasteiger charge is 2.12. The largest absolute Gasteiger partial charge is 0.129 e. The number of thioether (sulfide) groups is 1. The molecule has 0 aliphatic rings. The van der Waals surface area contributed by atoms with E-state index in [1.54, 1.807) is 11.8 Å². The van der Waals surface area contributed by atoms with Crippen LogP contribution in [0.2, 0.25) is 0 Å². The Labute approximate surface area is 129 Å². The lowest BCUT2D eigenvalue weighted by Crippen LogP contribution is -1.97. The quantitative estimate of drug-likeness (QED) is 0.469. The second kappa shape index (κ2) is 6.78. The van der Waals surface area contributed by atoms with E-state index in [-0.39, 0.29) is 0 Å². The first kappa shape index (κ1) is 14.2. The fraction of sp³-hybridized carbons (Fsp3) is 0.200. The van der Waals surface area contributed by atoms with Gasteiger partial charge in [-0.3, -0.25) is 0 Å². The molecule has 0 nitrogen and oxygen atoms in total. The molecule has 0 aliphatic carbocycles. The van der Waals surface area contributed by atoms with Crippen LogP contribution >= 0.6 is 43.6 Å². The van der Waals surface area contributed by atoms with E-state index in [1.165, 1.54) is 16.0 Å². The second-order valence-corrected chi connectivity index (χ2v) is 6.91. The Bertz CT molecular complexity index is 508. The summed E-state index contributed by atoms with van der Waals surface area (Å²) in [7, 11) is 0. The normalized spacial score (nSPS) is 12.4. The zero-order valence-electron chi connectivity index (χ0n) is 10.1. The molecule has 0 radical (unpaired) electrons. The smallest absolute Gasteiger partial charge is 0.0446 e. The highest BCUT2D eigenvalue weighted by Crippen LogP contribution is 2.33. The molecule has 2 aromatic carbocycles. The molecular weight excluding hydrogens is 372 g/mol. The number of hydrogen-bond donors (Lipinski definition) is 0. The molecule has 1 unspecified atom stereocenters. The summed E-state index contributed by atoms with van der Waals surface area (Å²) in [4.78, 5) is 1.71. The molecule has 94 valence electrons. The fourth-order valence-electron chi connectivity index (χ4n) is 1.86. The van der Waals surface area contributed by atoms with Crippen molar-refractivity contribution in [2.24, 2.45) is 0 Å². The van der Waals surface area contributed by atoms with Gasteiger partial charge in [0.05, 0.1) is 0 Å². The summed E-state index contributed by atoms with van der Waals surface area (Å²) >= 11 is 9.07. The summed E-state index contributed by atoms with van der Waals surface area (Å²) in [5.74, 6) is 0. The van der Waals surface area contributed by atoms with E-state index in [0.717, 1.165) is 10.9 Å². The van der Waals surface area contributed by atoms with Gasteiger partial charge in [-0.1, -0.05) is 62.2 Å². The molecular formula is C15H14Br2S. The molecule has 0 saturated heterocycles. The van der Waals surface area contributed by atoms with Crippen LogP contribution in [0.3, 0.4) is 0 Å². The van der Waals surface area contributed by atoms with Crippen LogP contribution in [0.25, 0.3) is 0 Å². The highest BCUT2D eigenvalue weighted by molar-refractivity contribution is 9.10. The minimum absolute atomic E-state index is 0.363. The van der Waals surface area contributed by atoms with E-state index in [2.05, 4.69) is 86.6 Å². The van der Waals surface area contributed by atoms with E-state index in [4.69, 9.17) is 0 Å². The van der Waals surface area contributed by atoms with Gasteiger partial charge < -0.3 is 0 Å². The summed E-state index contributed by atoms with van der Waals surface area (Å²) in [5.41, 5.74) is 2.71. The van der Waals surface area contributed by atoms with Crippen molar-refractivity contribution < 1.29 is 0 Å². The van der Waals surface area contributed by atoms with Crippen LogP contribution in [0.4, 0.5) is 0 Å². The minimum Gasteiger partial charge on any atom is -0.129 e. The Kier molecular flexibility index (Phi) is 5.34. The van der Waals surface area contributed by atoms with Gasteiger partial charge in [0.1, 0.15) is 0 Å². The Balaban J connectivity index is 2.16. The third-order valence-corrected chi connectivity index (χ3v) is 4.96. The maximum atomic E-state index is 3.81. The number of benzene rings is 2. The molecule has 0 fully saturated rings. The zero-order valence-corrected chi connectivity index (χ0v) is 14.1. The van der Waals surface area contributed by atoms with Crippen LogP contribution in [0.15, 0.2) is 57.9 Å². The fourth-order valence-corrected chi connectivity index (χ4v) is 3.71. The summed E-state index contributed by atoms with van der Waals surface area (Å²) in [6, 6.07) is 17.1. The number of hydrogen-bond acceptors (Lipinski definition) is 1. The SMILES string of the molecule is CSc1ccccc1C(Br)Cc1ccc(Br)cc1. The molecule has 0 heterocycles. The van der Waals surface area contributed by atoms with Gasteiger partial charge in [-0.2, -0.15) is 0 Å². The summed E-state index contributed by atoms with van der Waals surface area (Å²) < 4.78 is 1.13. The summed E-state index contributed by atoms with van der Waals surface area (Å²) in [6.07, 6.45) is 3.13. The van der Waals surface area contributed by atoms with E-state index < -0.39 is 0 Å². The third kappa shape index (κ3) is 3.62. The molecule has 18 heavy (non-hydrogen) atoms. The van der Waals surface area contributed by atoms with Gasteiger partial charge in [0.15, 0.2) is 0 Å². The van der Waals surface area contributed by atoms with Crippen molar-refractivity contribution in [1.82, 2.24) is 0 Å². The number of rotatable bonds is 4. The van der Waals surface area contributed by atoms with E-state index >= 15 is 0 Å². The predicted octanol–water partition coefficient (Wildman–Crippen LogP) is 5.85. The van der Waals surface area contributed by atoms with Crippen molar-refractivity contribution >= 4 is 43.6 Å². The first-order valence-corrected chi connectivity index (χ1v) is 8.65. The van der Waals surface area contributed by atoms with E-state index in [9.17, 15) is 0 Å². The summed E-state index contributed by atoms with van der Waals surface area (Å²) in [5, 5.41) is 0. The molecule has 2 aromatic rings. The average Bonchev–Trinajstić information content (AvgIpc) is 2.41. The van der Waals surface area contributed by atoms with Gasteiger partial charge in [0.2, 0.25) is 0 Å². The van der Waals surface area contributed by atoms with Crippen molar-refractivity contribution in [3.8, 4) is 0 Å². The van der Waals surface area contributed by atoms with Crippen molar-refractivity contribution in [2.75, 3.05) is 6.26 Å². The number of halogens is 2. The topological polar surface area (TPSA) is 0 Å². The first-order valence-electron chi connectivity index (χ1n) is 5.72. The van der Waals surface area contributed by atoms with Gasteiger partial charge >= 0.3 is 0 Å². The maximum Gasteiger partial charge on any atom is 0.0446 e. The Morgan fingerprint density at radius 2 is 1.72 bits per heavy atom. The number of alkyl halides is 1. The monoisotopic (exact) mass is 384 g/mol. The average molecular weight is 386 g/mol. The summed E-state index contributed by atoms with van der Waals surface area (Å²) in [6.45, 7) is 0. The molecule has 2 rings (SSSR count). The predicted molar refractivity (Wildman–Crippen MR) is 87.7 cm³/mol. The Hall–Kier alpha value is -0.250. The molecule has 0 saturated carbocycles. The first-order chi connectivity index (χ1) is 8.70. The molecule has 3 heteroatoms. The van der Waals surface area contributed by atoms with E-state index in [1.807, 2.05) is 0 Å². The molecule has 0 spiro atoms. The lowest BCUT2D eigenvalue weighted by atomic mass is 10.0. The standard InChI is InChI=1S/C15H14Br2S/c1-18-15-5-3-2-4-13(15)14(17)10-11-6-8-12(16)9-7-11/h2-9,14H,10H2,1H3. The second-order valence-electron chi connectivity index (χ2n) is 4.04. The maximum absolute atomic E-state index is 3.81. The van der Waals surface area contributed by atoms with Gasteiger partial charge in [-0.15, -0.1) is 11.8 Å². The molecule has 0 amide bonds. The lowest BCUT2D eigenvalue weighted by molar-refractivity contribution is 0.924. The minimum atomic E-state index is 0.363. The third-order valence-electron chi connectivity index (χ3n) is 2.80. The molecule has 0 N–H and O–H groups in total. The van der Waals surface area contributed by atoms with Crippen molar-refractivity contribution in [2.45, 2.75) is 16.1 Å². The molecule has 1 atom stereocenters. The van der Waals surface area contributed by atoms with Gasteiger partial charge in [0, 0.05) is 14.2 Å².